The average molecular weight is 382 g/mol. The van der Waals surface area contributed by atoms with Gasteiger partial charge in [-0.2, -0.15) is 0 Å². The van der Waals surface area contributed by atoms with Crippen molar-refractivity contribution in [3.05, 3.63) is 82.1 Å². The van der Waals surface area contributed by atoms with Crippen LogP contribution in [0.25, 0.3) is 11.3 Å². The summed E-state index contributed by atoms with van der Waals surface area (Å²) in [5.41, 5.74) is 4.30. The van der Waals surface area contributed by atoms with Gasteiger partial charge in [0.1, 0.15) is 16.7 Å². The van der Waals surface area contributed by atoms with E-state index in [1.165, 1.54) is 0 Å². The number of hydrogen-bond acceptors (Lipinski definition) is 2. The van der Waals surface area contributed by atoms with Gasteiger partial charge in [-0.3, -0.25) is 4.57 Å². The van der Waals surface area contributed by atoms with Gasteiger partial charge >= 0.3 is 0 Å². The molecule has 26 heavy (non-hydrogen) atoms. The van der Waals surface area contributed by atoms with E-state index in [0.717, 1.165) is 34.8 Å². The van der Waals surface area contributed by atoms with Gasteiger partial charge in [-0.15, -0.1) is 0 Å². The lowest BCUT2D eigenvalue weighted by molar-refractivity contribution is 0.965. The number of imidazole rings is 1. The Morgan fingerprint density at radius 1 is 1.19 bits per heavy atom. The highest BCUT2D eigenvalue weighted by atomic mass is 35.5. The molecule has 0 amide bonds. The fraction of sp³-hybridized carbons (Fsp3) is 0.143. The molecular formula is C21H17Cl2N3. The minimum absolute atomic E-state index is 0.415. The Balaban J connectivity index is 2.13. The van der Waals surface area contributed by atoms with Crippen molar-refractivity contribution < 1.29 is 0 Å². The molecule has 1 aromatic carbocycles. The van der Waals surface area contributed by atoms with Crippen molar-refractivity contribution in [1.29, 1.82) is 0 Å². The van der Waals surface area contributed by atoms with Crippen LogP contribution >= 0.6 is 23.2 Å². The minimum Gasteiger partial charge on any atom is -0.296 e. The molecule has 0 radical (unpaired) electrons. The second-order valence-corrected chi connectivity index (χ2v) is 6.58. The number of benzene rings is 1. The fourth-order valence-corrected chi connectivity index (χ4v) is 2.92. The summed E-state index contributed by atoms with van der Waals surface area (Å²) in [5.74, 6) is 7.03. The normalized spacial score (nSPS) is 10.3. The predicted octanol–water partition coefficient (Wildman–Crippen LogP) is 5.71. The van der Waals surface area contributed by atoms with Gasteiger partial charge < -0.3 is 0 Å². The van der Waals surface area contributed by atoms with Crippen LogP contribution in [-0.2, 0) is 0 Å². The first-order chi connectivity index (χ1) is 12.5. The van der Waals surface area contributed by atoms with Crippen LogP contribution < -0.4 is 0 Å². The van der Waals surface area contributed by atoms with Crippen molar-refractivity contribution in [2.75, 3.05) is 0 Å². The van der Waals surface area contributed by atoms with Crippen molar-refractivity contribution in [1.82, 2.24) is 14.5 Å². The van der Waals surface area contributed by atoms with Crippen molar-refractivity contribution in [3.63, 3.8) is 0 Å². The summed E-state index contributed by atoms with van der Waals surface area (Å²) in [6, 6.07) is 11.2. The average Bonchev–Trinajstić information content (AvgIpc) is 2.96. The first-order valence-electron chi connectivity index (χ1n) is 8.16. The molecule has 0 saturated carbocycles. The van der Waals surface area contributed by atoms with E-state index in [-0.39, 0.29) is 0 Å². The zero-order valence-corrected chi connectivity index (χ0v) is 16.1. The third-order valence-corrected chi connectivity index (χ3v) is 4.41. The van der Waals surface area contributed by atoms with E-state index in [0.29, 0.717) is 15.9 Å². The van der Waals surface area contributed by atoms with Gasteiger partial charge in [-0.25, -0.2) is 9.97 Å². The number of nitrogens with zero attached hydrogens (tertiary/aromatic N) is 3. The number of allylic oxidation sites excluding steroid dienone is 1. The summed E-state index contributed by atoms with van der Waals surface area (Å²) in [7, 11) is 0. The smallest absolute Gasteiger partial charge is 0.141 e. The monoisotopic (exact) mass is 381 g/mol. The van der Waals surface area contributed by atoms with Crippen LogP contribution in [-0.4, -0.2) is 14.5 Å². The quantitative estimate of drug-likeness (QED) is 0.429. The molecule has 0 atom stereocenters. The van der Waals surface area contributed by atoms with Gasteiger partial charge in [0.15, 0.2) is 0 Å². The molecule has 3 nitrogen and oxygen atoms in total. The second kappa shape index (κ2) is 7.78. The largest absolute Gasteiger partial charge is 0.296 e. The highest BCUT2D eigenvalue weighted by molar-refractivity contribution is 6.30. The van der Waals surface area contributed by atoms with Crippen LogP contribution in [0.5, 0.6) is 0 Å². The summed E-state index contributed by atoms with van der Waals surface area (Å²) in [4.78, 5) is 8.69. The lowest BCUT2D eigenvalue weighted by Crippen LogP contribution is -2.02. The SMILES string of the molecule is C=C(CC)c1nc(C#Cc2ccnc(Cl)c2)c(C)n1-c1cccc(Cl)c1. The van der Waals surface area contributed by atoms with Crippen LogP contribution in [0.4, 0.5) is 0 Å². The molecular weight excluding hydrogens is 365 g/mol. The standard InChI is InChI=1S/C21H17Cl2N3/c1-4-14(2)21-25-19(9-8-16-10-11-24-20(23)12-16)15(3)26(21)18-7-5-6-17(22)13-18/h5-7,10-13H,2,4H2,1,3H3. The molecule has 3 rings (SSSR count). The molecule has 2 aromatic heterocycles. The first kappa shape index (κ1) is 18.3. The van der Waals surface area contributed by atoms with E-state index in [1.54, 1.807) is 12.3 Å². The third kappa shape index (κ3) is 3.83. The summed E-state index contributed by atoms with van der Waals surface area (Å²) in [5, 5.41) is 1.08. The molecule has 0 unspecified atom stereocenters. The topological polar surface area (TPSA) is 30.7 Å². The molecule has 0 saturated heterocycles. The molecule has 0 aliphatic heterocycles. The second-order valence-electron chi connectivity index (χ2n) is 5.76. The fourth-order valence-electron chi connectivity index (χ4n) is 2.56. The van der Waals surface area contributed by atoms with E-state index in [2.05, 4.69) is 30.3 Å². The Bertz CT molecular complexity index is 1040. The number of pyridine rings is 1. The molecule has 2 heterocycles. The summed E-state index contributed by atoms with van der Waals surface area (Å²) in [6.07, 6.45) is 2.43. The van der Waals surface area contributed by atoms with Crippen LogP contribution in [0.1, 0.15) is 36.1 Å². The van der Waals surface area contributed by atoms with Crippen molar-refractivity contribution in [2.45, 2.75) is 20.3 Å². The molecule has 0 spiro atoms. The highest BCUT2D eigenvalue weighted by Crippen LogP contribution is 2.25. The Morgan fingerprint density at radius 2 is 2.00 bits per heavy atom. The van der Waals surface area contributed by atoms with Crippen molar-refractivity contribution in [2.24, 2.45) is 0 Å². The maximum absolute atomic E-state index is 6.17. The van der Waals surface area contributed by atoms with Gasteiger partial charge in [0.05, 0.1) is 5.69 Å². The Kier molecular flexibility index (Phi) is 5.46. The van der Waals surface area contributed by atoms with E-state index in [4.69, 9.17) is 28.2 Å². The zero-order chi connectivity index (χ0) is 18.7. The lowest BCUT2D eigenvalue weighted by atomic mass is 10.2. The van der Waals surface area contributed by atoms with E-state index in [9.17, 15) is 0 Å². The van der Waals surface area contributed by atoms with Gasteiger partial charge in [-0.05, 0) is 55.2 Å². The Hall–Kier alpha value is -2.54. The number of halogens is 2. The van der Waals surface area contributed by atoms with Crippen molar-refractivity contribution in [3.8, 4) is 17.5 Å². The van der Waals surface area contributed by atoms with Crippen molar-refractivity contribution >= 4 is 28.8 Å². The lowest BCUT2D eigenvalue weighted by Gasteiger charge is -2.11. The predicted molar refractivity (Wildman–Crippen MR) is 108 cm³/mol. The Morgan fingerprint density at radius 3 is 2.69 bits per heavy atom. The van der Waals surface area contributed by atoms with Gasteiger partial charge in [0.2, 0.25) is 0 Å². The van der Waals surface area contributed by atoms with E-state index < -0.39 is 0 Å². The zero-order valence-electron chi connectivity index (χ0n) is 14.6. The van der Waals surface area contributed by atoms with Crippen LogP contribution in [0.3, 0.4) is 0 Å². The molecule has 0 N–H and O–H groups in total. The summed E-state index contributed by atoms with van der Waals surface area (Å²) >= 11 is 12.1. The summed E-state index contributed by atoms with van der Waals surface area (Å²) < 4.78 is 2.04. The van der Waals surface area contributed by atoms with E-state index in [1.807, 2.05) is 41.8 Å². The van der Waals surface area contributed by atoms with E-state index >= 15 is 0 Å². The molecule has 3 aromatic rings. The van der Waals surface area contributed by atoms with Crippen LogP contribution in [0.15, 0.2) is 49.2 Å². The maximum atomic E-state index is 6.17. The molecule has 5 heteroatoms. The molecule has 0 fully saturated rings. The minimum atomic E-state index is 0.415. The van der Waals surface area contributed by atoms with Gasteiger partial charge in [-0.1, -0.05) is 48.7 Å². The number of aromatic nitrogens is 3. The number of hydrogen-bond donors (Lipinski definition) is 0. The Labute approximate surface area is 163 Å². The first-order valence-corrected chi connectivity index (χ1v) is 8.92. The molecule has 0 aliphatic carbocycles. The summed E-state index contributed by atoms with van der Waals surface area (Å²) in [6.45, 7) is 8.19. The number of rotatable bonds is 3. The van der Waals surface area contributed by atoms with Gasteiger partial charge in [0, 0.05) is 22.5 Å². The third-order valence-electron chi connectivity index (χ3n) is 3.97. The van der Waals surface area contributed by atoms with Gasteiger partial charge in [0.25, 0.3) is 0 Å². The van der Waals surface area contributed by atoms with Crippen LogP contribution in [0.2, 0.25) is 10.2 Å². The highest BCUT2D eigenvalue weighted by Gasteiger charge is 2.16. The maximum Gasteiger partial charge on any atom is 0.141 e. The molecule has 0 bridgehead atoms. The molecule has 130 valence electrons. The van der Waals surface area contributed by atoms with Crippen LogP contribution in [0, 0.1) is 18.8 Å². The molecule has 0 aliphatic rings.